The lowest BCUT2D eigenvalue weighted by Gasteiger charge is -2.52. The number of hydroxylamine groups is 2. The van der Waals surface area contributed by atoms with Gasteiger partial charge in [-0.1, -0.05) is 5.16 Å². The van der Waals surface area contributed by atoms with Crippen LogP contribution in [0.2, 0.25) is 0 Å². The van der Waals surface area contributed by atoms with Crippen molar-refractivity contribution in [2.24, 2.45) is 15.6 Å². The van der Waals surface area contributed by atoms with Crippen LogP contribution in [-0.4, -0.2) is 84.3 Å². The first-order valence-electron chi connectivity index (χ1n) is 12.2. The molecule has 2 aliphatic heterocycles. The molecule has 1 aromatic heterocycles. The fourth-order valence-corrected chi connectivity index (χ4v) is 5.82. The van der Waals surface area contributed by atoms with E-state index in [0.717, 1.165) is 35.8 Å². The molecule has 1 spiro atoms. The van der Waals surface area contributed by atoms with E-state index in [1.54, 1.807) is 19.2 Å². The van der Waals surface area contributed by atoms with Gasteiger partial charge >= 0.3 is 10.4 Å². The molecule has 1 saturated heterocycles. The molecule has 3 aliphatic rings. The van der Waals surface area contributed by atoms with E-state index in [1.807, 2.05) is 24.3 Å². The number of ether oxygens (including phenoxy) is 1. The smallest absolute Gasteiger partial charge is 0.418 e. The topological polar surface area (TPSA) is 207 Å². The standard InChI is InChI=1S/C23H27N7O8S2/c1-22(2)23(20(32)30(22)38-40(33,34)35)11-16(23)28-19(31)17(15-12-39-21(24)27-15)29-37-10-9-36-14-5-3-13(4-6-14)18-25-7-8-26-18/h3-6,12,16H,7-11H2,1-2H3,(H2,24,27)(H,25,26)(H,28,31)(H,33,34,35)/b29-17-/t16-,23?/m1/s1. The van der Waals surface area contributed by atoms with Crippen molar-refractivity contribution in [2.45, 2.75) is 31.8 Å². The van der Waals surface area contributed by atoms with E-state index in [4.69, 9.17) is 19.9 Å². The Morgan fingerprint density at radius 3 is 2.67 bits per heavy atom. The SMILES string of the molecule is CC1(C)N(OS(=O)(=O)O)C(=O)C12C[C@H]2NC(=O)/C(=N\OCCOc1ccc(C2=NCCN2)cc1)c1csc(N)n1. The van der Waals surface area contributed by atoms with Crippen LogP contribution in [0.5, 0.6) is 5.75 Å². The van der Waals surface area contributed by atoms with Gasteiger partial charge in [-0.05, 0) is 44.5 Å². The number of carbonyl (C=O) groups excluding carboxylic acids is 2. The number of benzene rings is 1. The van der Waals surface area contributed by atoms with Crippen LogP contribution in [0.4, 0.5) is 5.13 Å². The van der Waals surface area contributed by atoms with Gasteiger partial charge in [-0.2, -0.15) is 13.5 Å². The van der Waals surface area contributed by atoms with Gasteiger partial charge in [0, 0.05) is 23.5 Å². The molecule has 1 unspecified atom stereocenters. The number of amidine groups is 1. The van der Waals surface area contributed by atoms with Gasteiger partial charge in [0.25, 0.3) is 11.8 Å². The zero-order chi connectivity index (χ0) is 28.7. The highest BCUT2D eigenvalue weighted by Crippen LogP contribution is 2.64. The molecule has 1 aromatic carbocycles. The molecule has 0 radical (unpaired) electrons. The summed E-state index contributed by atoms with van der Waals surface area (Å²) in [4.78, 5) is 39.7. The summed E-state index contributed by atoms with van der Waals surface area (Å²) in [6.07, 6.45) is 0.235. The van der Waals surface area contributed by atoms with Crippen LogP contribution < -0.4 is 21.1 Å². The number of hydrogen-bond donors (Lipinski definition) is 4. The first kappa shape index (κ1) is 27.8. The Kier molecular flexibility index (Phi) is 7.15. The van der Waals surface area contributed by atoms with Crippen molar-refractivity contribution < 1.29 is 36.4 Å². The van der Waals surface area contributed by atoms with Gasteiger partial charge in [0.05, 0.1) is 17.5 Å². The lowest BCUT2D eigenvalue weighted by Crippen LogP contribution is -2.71. The first-order chi connectivity index (χ1) is 18.9. The van der Waals surface area contributed by atoms with Gasteiger partial charge < -0.3 is 25.9 Å². The van der Waals surface area contributed by atoms with Crippen molar-refractivity contribution in [1.82, 2.24) is 20.7 Å². The maximum Gasteiger partial charge on any atom is 0.418 e. The largest absolute Gasteiger partial charge is 0.490 e. The van der Waals surface area contributed by atoms with Crippen molar-refractivity contribution >= 4 is 50.2 Å². The monoisotopic (exact) mass is 593 g/mol. The number of β-lactam (4-membered cyclic amide) rings is 1. The average Bonchev–Trinajstić information content (AvgIpc) is 3.22. The van der Waals surface area contributed by atoms with E-state index in [1.165, 1.54) is 0 Å². The highest BCUT2D eigenvalue weighted by Gasteiger charge is 2.81. The number of nitrogens with one attached hydrogen (secondary N) is 2. The number of oxime groups is 1. The van der Waals surface area contributed by atoms with Gasteiger partial charge in [-0.3, -0.25) is 19.1 Å². The molecular formula is C23H27N7O8S2. The zero-order valence-electron chi connectivity index (χ0n) is 21.5. The Bertz CT molecular complexity index is 1490. The van der Waals surface area contributed by atoms with Gasteiger partial charge in [-0.25, -0.2) is 4.98 Å². The number of nitrogens with two attached hydrogens (primary N) is 1. The molecular weight excluding hydrogens is 566 g/mol. The zero-order valence-corrected chi connectivity index (χ0v) is 23.1. The molecule has 2 fully saturated rings. The number of amides is 2. The molecule has 3 heterocycles. The predicted octanol–water partition coefficient (Wildman–Crippen LogP) is 0.105. The number of anilines is 1. The quantitative estimate of drug-likeness (QED) is 0.0903. The predicted molar refractivity (Wildman–Crippen MR) is 143 cm³/mol. The summed E-state index contributed by atoms with van der Waals surface area (Å²) in [5.41, 5.74) is 4.52. The van der Waals surface area contributed by atoms with Crippen molar-refractivity contribution in [3.05, 3.63) is 40.9 Å². The third-order valence-corrected chi connectivity index (χ3v) is 7.99. The fraction of sp³-hybridized carbons (Fsp3) is 0.435. The number of nitrogen functional groups attached to an aromatic ring is 1. The molecule has 1 saturated carbocycles. The minimum absolute atomic E-state index is 0.0211. The summed E-state index contributed by atoms with van der Waals surface area (Å²) in [5, 5.41) is 12.2. The minimum atomic E-state index is -4.89. The third kappa shape index (κ3) is 5.19. The average molecular weight is 594 g/mol. The lowest BCUT2D eigenvalue weighted by molar-refractivity contribution is -0.236. The first-order valence-corrected chi connectivity index (χ1v) is 14.4. The molecule has 5 rings (SSSR count). The summed E-state index contributed by atoms with van der Waals surface area (Å²) in [6, 6.07) is 6.78. The third-order valence-electron chi connectivity index (χ3n) is 6.98. The molecule has 214 valence electrons. The second kappa shape index (κ2) is 10.3. The molecule has 1 aliphatic carbocycles. The summed E-state index contributed by atoms with van der Waals surface area (Å²) in [6.45, 7) is 4.88. The maximum absolute atomic E-state index is 13.1. The Hall–Kier alpha value is -3.80. The second-order valence-corrected chi connectivity index (χ2v) is 11.6. The number of aliphatic imine (C=N–C) groups is 1. The summed E-state index contributed by atoms with van der Waals surface area (Å²) < 4.78 is 41.3. The van der Waals surface area contributed by atoms with E-state index >= 15 is 0 Å². The van der Waals surface area contributed by atoms with Crippen LogP contribution in [0.25, 0.3) is 0 Å². The maximum atomic E-state index is 13.1. The molecule has 40 heavy (non-hydrogen) atoms. The molecule has 0 bridgehead atoms. The summed E-state index contributed by atoms with van der Waals surface area (Å²) >= 11 is 1.11. The number of aromatic nitrogens is 1. The lowest BCUT2D eigenvalue weighted by atomic mass is 9.74. The summed E-state index contributed by atoms with van der Waals surface area (Å²) in [7, 11) is -4.89. The Labute approximate surface area is 233 Å². The number of carbonyl (C=O) groups is 2. The van der Waals surface area contributed by atoms with Crippen LogP contribution in [0, 0.1) is 5.41 Å². The molecule has 5 N–H and O–H groups in total. The number of rotatable bonds is 11. The Balaban J connectivity index is 1.18. The van der Waals surface area contributed by atoms with Gasteiger partial charge in [0.2, 0.25) is 0 Å². The van der Waals surface area contributed by atoms with Crippen molar-refractivity contribution in [3.8, 4) is 5.75 Å². The van der Waals surface area contributed by atoms with Gasteiger partial charge in [0.1, 0.15) is 23.9 Å². The highest BCUT2D eigenvalue weighted by atomic mass is 32.3. The van der Waals surface area contributed by atoms with Crippen LogP contribution in [0.15, 0.2) is 39.8 Å². The van der Waals surface area contributed by atoms with Crippen LogP contribution in [0.3, 0.4) is 0 Å². The van der Waals surface area contributed by atoms with Crippen molar-refractivity contribution in [1.29, 1.82) is 0 Å². The molecule has 15 nitrogen and oxygen atoms in total. The number of thiazole rings is 1. The molecule has 2 amide bonds. The van der Waals surface area contributed by atoms with Gasteiger partial charge in [-0.15, -0.1) is 15.6 Å². The van der Waals surface area contributed by atoms with Crippen LogP contribution in [0.1, 0.15) is 31.5 Å². The Morgan fingerprint density at radius 2 is 2.08 bits per heavy atom. The highest BCUT2D eigenvalue weighted by molar-refractivity contribution is 7.80. The van der Waals surface area contributed by atoms with E-state index in [0.29, 0.717) is 10.8 Å². The van der Waals surface area contributed by atoms with Crippen molar-refractivity contribution in [2.75, 3.05) is 32.0 Å². The van der Waals surface area contributed by atoms with E-state index in [2.05, 4.69) is 30.0 Å². The van der Waals surface area contributed by atoms with E-state index < -0.39 is 39.2 Å². The fourth-order valence-electron chi connectivity index (χ4n) is 4.83. The normalized spacial score (nSPS) is 23.3. The van der Waals surface area contributed by atoms with Crippen LogP contribution in [-0.2, 0) is 29.1 Å². The number of nitrogens with zero attached hydrogens (tertiary/aromatic N) is 4. The minimum Gasteiger partial charge on any atom is -0.490 e. The van der Waals surface area contributed by atoms with Crippen LogP contribution >= 0.6 is 11.3 Å². The van der Waals surface area contributed by atoms with E-state index in [-0.39, 0.29) is 36.2 Å². The molecule has 17 heteroatoms. The molecule has 2 atom stereocenters. The van der Waals surface area contributed by atoms with Crippen molar-refractivity contribution in [3.63, 3.8) is 0 Å². The van der Waals surface area contributed by atoms with E-state index in [9.17, 15) is 18.0 Å². The Morgan fingerprint density at radius 1 is 1.32 bits per heavy atom. The molecule has 2 aromatic rings. The number of hydrogen-bond acceptors (Lipinski definition) is 13. The second-order valence-electron chi connectivity index (χ2n) is 9.74. The summed E-state index contributed by atoms with van der Waals surface area (Å²) in [5.74, 6) is 0.137. The van der Waals surface area contributed by atoms with Gasteiger partial charge in [0.15, 0.2) is 17.5 Å².